The van der Waals surface area contributed by atoms with Crippen molar-refractivity contribution < 1.29 is 19.4 Å². The Balaban J connectivity index is 3.07. The highest BCUT2D eigenvalue weighted by molar-refractivity contribution is 7.99. The fourth-order valence-corrected chi connectivity index (χ4v) is 4.59. The maximum absolute atomic E-state index is 13.3. The van der Waals surface area contributed by atoms with Gasteiger partial charge in [0.25, 0.3) is 0 Å². The van der Waals surface area contributed by atoms with Gasteiger partial charge in [-0.15, -0.1) is 0 Å². The number of hydrogen-bond donors (Lipinski definition) is 1. The molecule has 2 unspecified atom stereocenters. The lowest BCUT2D eigenvalue weighted by molar-refractivity contribution is -0.162. The second kappa shape index (κ2) is 12.1. The van der Waals surface area contributed by atoms with Crippen molar-refractivity contribution in [3.05, 3.63) is 35.4 Å². The second-order valence-electron chi connectivity index (χ2n) is 10.6. The number of aliphatic hydroxyl groups excluding tert-OH is 1. The monoisotopic (exact) mass is 450 g/mol. The first kappa shape index (κ1) is 27.7. The van der Waals surface area contributed by atoms with Crippen LogP contribution in [0, 0.1) is 11.3 Å². The topological polar surface area (TPSA) is 63.6 Å². The van der Waals surface area contributed by atoms with Gasteiger partial charge in [0.05, 0.1) is 12.0 Å². The predicted octanol–water partition coefficient (Wildman–Crippen LogP) is 5.59. The highest BCUT2D eigenvalue weighted by Crippen LogP contribution is 2.36. The molecule has 0 radical (unpaired) electrons. The third-order valence-corrected chi connectivity index (χ3v) is 6.92. The van der Waals surface area contributed by atoms with E-state index in [4.69, 9.17) is 9.84 Å². The van der Waals surface area contributed by atoms with Gasteiger partial charge in [-0.2, -0.15) is 11.8 Å². The van der Waals surface area contributed by atoms with Crippen LogP contribution >= 0.6 is 11.8 Å². The molecule has 0 saturated carbocycles. The summed E-state index contributed by atoms with van der Waals surface area (Å²) in [5.74, 6) is 1.48. The minimum absolute atomic E-state index is 0.0553. The van der Waals surface area contributed by atoms with Crippen LogP contribution in [0.15, 0.2) is 24.3 Å². The van der Waals surface area contributed by atoms with Crippen LogP contribution in [-0.4, -0.2) is 41.1 Å². The lowest BCUT2D eigenvalue weighted by atomic mass is 9.75. The minimum Gasteiger partial charge on any atom is -0.459 e. The van der Waals surface area contributed by atoms with E-state index in [-0.39, 0.29) is 23.9 Å². The summed E-state index contributed by atoms with van der Waals surface area (Å²) < 4.78 is 5.83. The Morgan fingerprint density at radius 3 is 2.42 bits per heavy atom. The van der Waals surface area contributed by atoms with Crippen molar-refractivity contribution in [1.29, 1.82) is 0 Å². The zero-order chi connectivity index (χ0) is 23.7. The summed E-state index contributed by atoms with van der Waals surface area (Å²) in [4.78, 5) is 24.4. The van der Waals surface area contributed by atoms with Gasteiger partial charge in [-0.1, -0.05) is 51.5 Å². The number of ether oxygens (including phenoxy) is 1. The van der Waals surface area contributed by atoms with Crippen molar-refractivity contribution in [1.82, 2.24) is 0 Å². The average Bonchev–Trinajstić information content (AvgIpc) is 2.66. The molecule has 0 spiro atoms. The van der Waals surface area contributed by atoms with Crippen molar-refractivity contribution >= 4 is 24.0 Å². The Hall–Kier alpha value is -1.33. The maximum atomic E-state index is 13.3. The zero-order valence-corrected chi connectivity index (χ0v) is 21.3. The van der Waals surface area contributed by atoms with Crippen LogP contribution in [0.5, 0.6) is 0 Å². The Kier molecular flexibility index (Phi) is 10.8. The Bertz CT molecular complexity index is 708. The first-order valence-electron chi connectivity index (χ1n) is 11.3. The van der Waals surface area contributed by atoms with Crippen LogP contribution in [0.4, 0.5) is 0 Å². The lowest BCUT2D eigenvalue weighted by Gasteiger charge is -2.33. The van der Waals surface area contributed by atoms with Crippen LogP contribution in [0.25, 0.3) is 0 Å². The first-order valence-corrected chi connectivity index (χ1v) is 12.5. The third-order valence-electron chi connectivity index (χ3n) is 5.46. The van der Waals surface area contributed by atoms with E-state index >= 15 is 0 Å². The predicted molar refractivity (Wildman–Crippen MR) is 131 cm³/mol. The van der Waals surface area contributed by atoms with Gasteiger partial charge in [-0.3, -0.25) is 4.79 Å². The molecule has 0 amide bonds. The lowest BCUT2D eigenvalue weighted by Crippen LogP contribution is -2.39. The molecule has 0 aliphatic rings. The summed E-state index contributed by atoms with van der Waals surface area (Å²) in [6.45, 7) is 14.3. The average molecular weight is 451 g/mol. The molecule has 4 nitrogen and oxygen atoms in total. The normalized spacial score (nSPS) is 15.2. The van der Waals surface area contributed by atoms with E-state index in [0.29, 0.717) is 12.8 Å². The molecule has 2 atom stereocenters. The molecule has 0 saturated heterocycles. The van der Waals surface area contributed by atoms with Gasteiger partial charge in [0, 0.05) is 11.7 Å². The van der Waals surface area contributed by atoms with Gasteiger partial charge in [0.2, 0.25) is 0 Å². The van der Waals surface area contributed by atoms with Gasteiger partial charge < -0.3 is 14.6 Å². The van der Waals surface area contributed by atoms with Crippen LogP contribution in [0.3, 0.4) is 0 Å². The highest BCUT2D eigenvalue weighted by atomic mass is 32.2. The second-order valence-corrected chi connectivity index (χ2v) is 11.8. The van der Waals surface area contributed by atoms with E-state index in [1.54, 1.807) is 11.8 Å². The van der Waals surface area contributed by atoms with Crippen molar-refractivity contribution in [2.24, 2.45) is 11.3 Å². The standard InChI is InChI=1S/C26H42O4S/c1-20(18-28)16-21-10-8-11-22(17-21)26(7,23(29)30-24(2,3)4)13-9-12-25(5,6)19-31-15-14-27/h8,10-11,17-18,20,27H,9,12-16,19H2,1-7H3. The molecule has 0 fully saturated rings. The first-order chi connectivity index (χ1) is 14.3. The van der Waals surface area contributed by atoms with Crippen LogP contribution in [0.1, 0.15) is 78.9 Å². The molecule has 31 heavy (non-hydrogen) atoms. The van der Waals surface area contributed by atoms with Gasteiger partial charge in [-0.05, 0) is 69.3 Å². The molecular weight excluding hydrogens is 408 g/mol. The van der Waals surface area contributed by atoms with Crippen LogP contribution in [0.2, 0.25) is 0 Å². The molecule has 1 aromatic carbocycles. The fraction of sp³-hybridized carbons (Fsp3) is 0.692. The minimum atomic E-state index is -0.748. The number of hydrogen-bond acceptors (Lipinski definition) is 5. The van der Waals surface area contributed by atoms with Crippen molar-refractivity contribution in [3.8, 4) is 0 Å². The van der Waals surface area contributed by atoms with E-state index in [0.717, 1.165) is 41.8 Å². The molecule has 1 N–H and O–H groups in total. The Morgan fingerprint density at radius 1 is 1.16 bits per heavy atom. The smallest absolute Gasteiger partial charge is 0.316 e. The maximum Gasteiger partial charge on any atom is 0.316 e. The van der Waals surface area contributed by atoms with E-state index in [1.165, 1.54) is 0 Å². The molecule has 0 heterocycles. The van der Waals surface area contributed by atoms with Crippen LogP contribution in [-0.2, 0) is 26.2 Å². The molecule has 176 valence electrons. The van der Waals surface area contributed by atoms with E-state index in [1.807, 2.05) is 52.8 Å². The molecule has 0 aliphatic heterocycles. The number of aldehydes is 1. The van der Waals surface area contributed by atoms with E-state index in [2.05, 4.69) is 19.9 Å². The molecule has 1 aromatic rings. The van der Waals surface area contributed by atoms with Gasteiger partial charge in [0.1, 0.15) is 11.9 Å². The molecule has 0 bridgehead atoms. The number of thioether (sulfide) groups is 1. The Morgan fingerprint density at radius 2 is 1.84 bits per heavy atom. The van der Waals surface area contributed by atoms with Gasteiger partial charge in [-0.25, -0.2) is 0 Å². The summed E-state index contributed by atoms with van der Waals surface area (Å²) >= 11 is 1.77. The summed E-state index contributed by atoms with van der Waals surface area (Å²) in [5.41, 5.74) is 0.845. The summed E-state index contributed by atoms with van der Waals surface area (Å²) in [6.07, 6.45) is 4.22. The summed E-state index contributed by atoms with van der Waals surface area (Å²) in [5, 5.41) is 9.03. The number of esters is 1. The third kappa shape index (κ3) is 9.78. The fourth-order valence-electron chi connectivity index (χ4n) is 3.62. The van der Waals surface area contributed by atoms with Crippen molar-refractivity contribution in [2.45, 2.75) is 85.2 Å². The number of carbonyl (C=O) groups excluding carboxylic acids is 2. The van der Waals surface area contributed by atoms with Crippen molar-refractivity contribution in [2.75, 3.05) is 18.1 Å². The molecule has 0 aromatic heterocycles. The molecule has 1 rings (SSSR count). The van der Waals surface area contributed by atoms with Crippen LogP contribution < -0.4 is 0 Å². The van der Waals surface area contributed by atoms with Crippen molar-refractivity contribution in [3.63, 3.8) is 0 Å². The van der Waals surface area contributed by atoms with Gasteiger partial charge >= 0.3 is 5.97 Å². The summed E-state index contributed by atoms with van der Waals surface area (Å²) in [7, 11) is 0. The molecule has 5 heteroatoms. The van der Waals surface area contributed by atoms with Gasteiger partial charge in [0.15, 0.2) is 0 Å². The molecule has 0 aliphatic carbocycles. The largest absolute Gasteiger partial charge is 0.459 e. The van der Waals surface area contributed by atoms with E-state index in [9.17, 15) is 9.59 Å². The summed E-state index contributed by atoms with van der Waals surface area (Å²) in [6, 6.07) is 8.05. The SMILES string of the molecule is CC(C=O)Cc1cccc(C(C)(CCCC(C)(C)CSCCO)C(=O)OC(C)(C)C)c1. The number of aliphatic hydroxyl groups is 1. The quantitative estimate of drug-likeness (QED) is 0.241. The highest BCUT2D eigenvalue weighted by Gasteiger charge is 2.39. The number of rotatable bonds is 13. The number of carbonyl (C=O) groups is 2. The van der Waals surface area contributed by atoms with E-state index < -0.39 is 11.0 Å². The Labute approximate surface area is 193 Å². The zero-order valence-electron chi connectivity index (χ0n) is 20.5. The molecular formula is C26H42O4S. The number of benzene rings is 1.